The Morgan fingerprint density at radius 2 is 1.86 bits per heavy atom. The second-order valence-electron chi connectivity index (χ2n) is 8.02. The van der Waals surface area contributed by atoms with Crippen LogP contribution in [0.4, 0.5) is 4.39 Å². The molecule has 150 valence electrons. The Hall–Kier alpha value is -2.79. The highest BCUT2D eigenvalue weighted by Gasteiger charge is 2.29. The van der Waals surface area contributed by atoms with Gasteiger partial charge in [0.05, 0.1) is 0 Å². The Morgan fingerprint density at radius 3 is 2.62 bits per heavy atom. The Morgan fingerprint density at radius 1 is 1.10 bits per heavy atom. The van der Waals surface area contributed by atoms with Crippen LogP contribution in [0.3, 0.4) is 0 Å². The molecule has 0 saturated heterocycles. The molecule has 2 aromatic carbocycles. The van der Waals surface area contributed by atoms with Crippen LogP contribution in [0, 0.1) is 11.7 Å². The van der Waals surface area contributed by atoms with Crippen LogP contribution in [0.25, 0.3) is 17.5 Å². The van der Waals surface area contributed by atoms with Crippen LogP contribution < -0.4 is 0 Å². The second-order valence-corrected chi connectivity index (χ2v) is 8.02. The van der Waals surface area contributed by atoms with Crippen LogP contribution >= 0.6 is 0 Å². The van der Waals surface area contributed by atoms with Crippen LogP contribution in [0.1, 0.15) is 36.6 Å². The van der Waals surface area contributed by atoms with Crippen molar-refractivity contribution >= 4 is 6.08 Å². The molecule has 4 rings (SSSR count). The molecule has 1 aromatic heterocycles. The third-order valence-corrected chi connectivity index (χ3v) is 5.54. The lowest BCUT2D eigenvalue weighted by Gasteiger charge is -2.33. The van der Waals surface area contributed by atoms with Crippen molar-refractivity contribution in [1.29, 1.82) is 0 Å². The smallest absolute Gasteiger partial charge is 0.250 e. The highest BCUT2D eigenvalue weighted by Crippen LogP contribution is 2.42. The summed E-state index contributed by atoms with van der Waals surface area (Å²) >= 11 is 0. The van der Waals surface area contributed by atoms with E-state index in [9.17, 15) is 4.39 Å². The summed E-state index contributed by atoms with van der Waals surface area (Å²) in [6.07, 6.45) is 4.86. The van der Waals surface area contributed by atoms with Crippen molar-refractivity contribution in [2.75, 3.05) is 20.6 Å². The fourth-order valence-electron chi connectivity index (χ4n) is 4.24. The highest BCUT2D eigenvalue weighted by molar-refractivity contribution is 5.56. The number of benzene rings is 2. The van der Waals surface area contributed by atoms with Gasteiger partial charge in [-0.25, -0.2) is 4.39 Å². The number of halogens is 1. The molecule has 1 aliphatic rings. The largest absolute Gasteiger partial charge is 0.334 e. The monoisotopic (exact) mass is 391 g/mol. The van der Waals surface area contributed by atoms with Gasteiger partial charge in [-0.05, 0) is 50.9 Å². The lowest BCUT2D eigenvalue weighted by atomic mass is 9.74. The summed E-state index contributed by atoms with van der Waals surface area (Å²) in [5.41, 5.74) is 2.83. The first-order chi connectivity index (χ1) is 14.1. The number of allylic oxidation sites excluding steroid dienone is 1. The quantitative estimate of drug-likeness (QED) is 0.584. The molecule has 2 atom stereocenters. The number of hydrogen-bond donors (Lipinski definition) is 0. The van der Waals surface area contributed by atoms with Gasteiger partial charge in [0, 0.05) is 24.1 Å². The van der Waals surface area contributed by atoms with Crippen molar-refractivity contribution in [3.8, 4) is 11.4 Å². The number of nitrogens with zero attached hydrogens (tertiary/aromatic N) is 3. The van der Waals surface area contributed by atoms with E-state index in [1.807, 2.05) is 48.5 Å². The SMILES string of the molecule is CN(C)CC1CC/C(=C/c2nc(-c3ccccc3)no2)C(c2ccccc2F)C1. The Bertz CT molecular complexity index is 981. The van der Waals surface area contributed by atoms with Crippen LogP contribution in [-0.4, -0.2) is 35.7 Å². The summed E-state index contributed by atoms with van der Waals surface area (Å²) in [6, 6.07) is 16.9. The molecule has 0 bridgehead atoms. The van der Waals surface area contributed by atoms with Crippen molar-refractivity contribution in [1.82, 2.24) is 15.0 Å². The molecule has 29 heavy (non-hydrogen) atoms. The maximum absolute atomic E-state index is 14.6. The van der Waals surface area contributed by atoms with Gasteiger partial charge in [-0.1, -0.05) is 59.3 Å². The van der Waals surface area contributed by atoms with Gasteiger partial charge < -0.3 is 9.42 Å². The van der Waals surface area contributed by atoms with E-state index in [1.54, 1.807) is 12.1 Å². The average Bonchev–Trinajstić information content (AvgIpc) is 3.18. The third-order valence-electron chi connectivity index (χ3n) is 5.54. The molecule has 1 aliphatic carbocycles. The van der Waals surface area contributed by atoms with Crippen LogP contribution in [-0.2, 0) is 0 Å². The normalized spacial score (nSPS) is 21.0. The van der Waals surface area contributed by atoms with E-state index in [0.29, 0.717) is 17.6 Å². The molecule has 0 amide bonds. The number of rotatable bonds is 5. The molecule has 3 aromatic rings. The van der Waals surface area contributed by atoms with E-state index in [0.717, 1.165) is 42.5 Å². The van der Waals surface area contributed by atoms with Crippen molar-refractivity contribution in [3.63, 3.8) is 0 Å². The standard InChI is InChI=1S/C24H26FN3O/c1-28(2)16-17-12-13-19(21(14-17)20-10-6-7-11-22(20)25)15-23-26-24(27-29-23)18-8-4-3-5-9-18/h3-11,15,17,21H,12-14,16H2,1-2H3/b19-15-. The van der Waals surface area contributed by atoms with E-state index < -0.39 is 0 Å². The number of aromatic nitrogens is 2. The average molecular weight is 391 g/mol. The minimum Gasteiger partial charge on any atom is -0.334 e. The number of hydrogen-bond acceptors (Lipinski definition) is 4. The summed E-state index contributed by atoms with van der Waals surface area (Å²) in [5.74, 6) is 1.47. The van der Waals surface area contributed by atoms with Crippen molar-refractivity contribution in [3.05, 3.63) is 77.4 Å². The van der Waals surface area contributed by atoms with E-state index in [1.165, 1.54) is 0 Å². The minimum atomic E-state index is -0.149. The van der Waals surface area contributed by atoms with Gasteiger partial charge in [0.25, 0.3) is 5.89 Å². The first-order valence-electron chi connectivity index (χ1n) is 10.1. The van der Waals surface area contributed by atoms with Gasteiger partial charge in [0.1, 0.15) is 5.82 Å². The van der Waals surface area contributed by atoms with E-state index >= 15 is 0 Å². The molecular formula is C24H26FN3O. The first-order valence-corrected chi connectivity index (χ1v) is 10.1. The fourth-order valence-corrected chi connectivity index (χ4v) is 4.24. The van der Waals surface area contributed by atoms with E-state index in [2.05, 4.69) is 29.1 Å². The van der Waals surface area contributed by atoms with Gasteiger partial charge in [-0.3, -0.25) is 0 Å². The topological polar surface area (TPSA) is 42.2 Å². The third kappa shape index (κ3) is 4.62. The predicted molar refractivity (Wildman–Crippen MR) is 113 cm³/mol. The highest BCUT2D eigenvalue weighted by atomic mass is 19.1. The molecule has 1 saturated carbocycles. The molecule has 0 radical (unpaired) electrons. The van der Waals surface area contributed by atoms with Gasteiger partial charge >= 0.3 is 0 Å². The van der Waals surface area contributed by atoms with Crippen LogP contribution in [0.2, 0.25) is 0 Å². The predicted octanol–water partition coefficient (Wildman–Crippen LogP) is 5.40. The molecule has 2 unspecified atom stereocenters. The molecule has 1 fully saturated rings. The van der Waals surface area contributed by atoms with Crippen molar-refractivity contribution in [2.24, 2.45) is 5.92 Å². The van der Waals surface area contributed by atoms with Crippen LogP contribution in [0.15, 0.2) is 64.7 Å². The molecule has 0 N–H and O–H groups in total. The van der Waals surface area contributed by atoms with Gasteiger partial charge in [0.15, 0.2) is 0 Å². The zero-order chi connectivity index (χ0) is 20.2. The summed E-state index contributed by atoms with van der Waals surface area (Å²) in [5, 5.41) is 4.11. The summed E-state index contributed by atoms with van der Waals surface area (Å²) in [6.45, 7) is 1.01. The van der Waals surface area contributed by atoms with E-state index in [4.69, 9.17) is 4.52 Å². The molecule has 5 heteroatoms. The Kier molecular flexibility index (Phi) is 5.86. The summed E-state index contributed by atoms with van der Waals surface area (Å²) in [7, 11) is 4.18. The maximum atomic E-state index is 14.6. The Balaban J connectivity index is 1.64. The minimum absolute atomic E-state index is 0.0296. The van der Waals surface area contributed by atoms with Gasteiger partial charge in [-0.2, -0.15) is 4.98 Å². The summed E-state index contributed by atoms with van der Waals surface area (Å²) < 4.78 is 20.1. The zero-order valence-electron chi connectivity index (χ0n) is 16.9. The van der Waals surface area contributed by atoms with Gasteiger partial charge in [-0.15, -0.1) is 0 Å². The fraction of sp³-hybridized carbons (Fsp3) is 0.333. The lowest BCUT2D eigenvalue weighted by molar-refractivity contribution is 0.271. The van der Waals surface area contributed by atoms with Gasteiger partial charge in [0.2, 0.25) is 5.82 Å². The molecule has 0 spiro atoms. The van der Waals surface area contributed by atoms with E-state index in [-0.39, 0.29) is 11.7 Å². The van der Waals surface area contributed by atoms with Crippen molar-refractivity contribution in [2.45, 2.75) is 25.2 Å². The molecular weight excluding hydrogens is 365 g/mol. The lowest BCUT2D eigenvalue weighted by Crippen LogP contribution is -2.27. The first kappa shape index (κ1) is 19.5. The van der Waals surface area contributed by atoms with Crippen molar-refractivity contribution < 1.29 is 8.91 Å². The zero-order valence-corrected chi connectivity index (χ0v) is 16.9. The molecule has 4 nitrogen and oxygen atoms in total. The second kappa shape index (κ2) is 8.70. The van der Waals surface area contributed by atoms with Crippen LogP contribution in [0.5, 0.6) is 0 Å². The maximum Gasteiger partial charge on any atom is 0.250 e. The Labute approximate surface area is 171 Å². The molecule has 1 heterocycles. The summed E-state index contributed by atoms with van der Waals surface area (Å²) in [4.78, 5) is 6.75. The molecule has 0 aliphatic heterocycles.